The van der Waals surface area contributed by atoms with Crippen molar-refractivity contribution in [1.29, 1.82) is 0 Å². The van der Waals surface area contributed by atoms with Crippen molar-refractivity contribution >= 4 is 16.5 Å². The average molecular weight is 235 g/mol. The molecule has 1 aliphatic rings. The molecule has 0 saturated heterocycles. The summed E-state index contributed by atoms with van der Waals surface area (Å²) in [6.07, 6.45) is 4.42. The molecule has 0 aliphatic carbocycles. The number of hydrogen-bond acceptors (Lipinski definition) is 2. The first-order chi connectivity index (χ1) is 8.27. The number of hydrogen-bond donors (Lipinski definition) is 1. The summed E-state index contributed by atoms with van der Waals surface area (Å²) in [6.45, 7) is 1.69. The maximum Gasteiger partial charge on any atom is 0.201 e. The highest BCUT2D eigenvalue weighted by Gasteiger charge is 2.16. The molecule has 0 unspecified atom stereocenters. The first kappa shape index (κ1) is 10.5. The van der Waals surface area contributed by atoms with E-state index in [1.807, 2.05) is 0 Å². The van der Waals surface area contributed by atoms with Gasteiger partial charge in [0.25, 0.3) is 0 Å². The second kappa shape index (κ2) is 3.96. The fourth-order valence-electron chi connectivity index (χ4n) is 2.16. The van der Waals surface area contributed by atoms with E-state index in [1.165, 1.54) is 6.26 Å². The lowest BCUT2D eigenvalue weighted by molar-refractivity contribution is 0.491. The van der Waals surface area contributed by atoms with E-state index in [0.29, 0.717) is 5.39 Å². The van der Waals surface area contributed by atoms with E-state index < -0.39 is 11.6 Å². The molecule has 0 amide bonds. The molecule has 0 saturated carbocycles. The van der Waals surface area contributed by atoms with Gasteiger partial charge in [0.05, 0.1) is 6.26 Å². The molecule has 1 aliphatic heterocycles. The van der Waals surface area contributed by atoms with Gasteiger partial charge in [0, 0.05) is 17.5 Å². The van der Waals surface area contributed by atoms with E-state index in [1.54, 1.807) is 6.07 Å². The minimum Gasteiger partial charge on any atom is -0.460 e. The van der Waals surface area contributed by atoms with Crippen LogP contribution in [-0.4, -0.2) is 13.1 Å². The van der Waals surface area contributed by atoms with Crippen molar-refractivity contribution in [1.82, 2.24) is 5.32 Å². The van der Waals surface area contributed by atoms with E-state index in [4.69, 9.17) is 4.42 Å². The largest absolute Gasteiger partial charge is 0.460 e. The van der Waals surface area contributed by atoms with Gasteiger partial charge in [0.1, 0.15) is 0 Å². The van der Waals surface area contributed by atoms with E-state index >= 15 is 0 Å². The summed E-state index contributed by atoms with van der Waals surface area (Å²) >= 11 is 0. The second-order valence-electron chi connectivity index (χ2n) is 4.07. The second-order valence-corrected chi connectivity index (χ2v) is 4.07. The topological polar surface area (TPSA) is 25.2 Å². The molecule has 88 valence electrons. The first-order valence-electron chi connectivity index (χ1n) is 5.52. The Morgan fingerprint density at radius 1 is 1.24 bits per heavy atom. The summed E-state index contributed by atoms with van der Waals surface area (Å²) < 4.78 is 31.7. The van der Waals surface area contributed by atoms with Crippen molar-refractivity contribution in [2.24, 2.45) is 0 Å². The number of furan rings is 1. The standard InChI is InChI=1S/C13H11F2NO/c14-11-2-1-9-10(7-17-13(9)12(11)15)8-3-5-16-6-4-8/h1-3,7,16H,4-6H2. The molecule has 0 fully saturated rings. The Bertz CT molecular complexity index is 601. The number of rotatable bonds is 1. The van der Waals surface area contributed by atoms with Crippen molar-refractivity contribution in [3.63, 3.8) is 0 Å². The van der Waals surface area contributed by atoms with Crippen molar-refractivity contribution < 1.29 is 13.2 Å². The summed E-state index contributed by atoms with van der Waals surface area (Å²) in [5.74, 6) is -1.79. The van der Waals surface area contributed by atoms with Gasteiger partial charge in [0.15, 0.2) is 11.4 Å². The Morgan fingerprint density at radius 3 is 2.88 bits per heavy atom. The Kier molecular flexibility index (Phi) is 2.44. The predicted molar refractivity (Wildman–Crippen MR) is 61.6 cm³/mol. The third-order valence-electron chi connectivity index (χ3n) is 3.04. The Labute approximate surface area is 96.9 Å². The van der Waals surface area contributed by atoms with E-state index in [-0.39, 0.29) is 5.58 Å². The Hall–Kier alpha value is -1.68. The molecular weight excluding hydrogens is 224 g/mol. The number of benzene rings is 1. The number of halogens is 2. The fourth-order valence-corrected chi connectivity index (χ4v) is 2.16. The lowest BCUT2D eigenvalue weighted by Crippen LogP contribution is -2.19. The molecule has 0 bridgehead atoms. The van der Waals surface area contributed by atoms with Gasteiger partial charge in [-0.05, 0) is 30.7 Å². The molecule has 1 N–H and O–H groups in total. The van der Waals surface area contributed by atoms with Crippen LogP contribution in [-0.2, 0) is 0 Å². The fraction of sp³-hybridized carbons (Fsp3) is 0.231. The van der Waals surface area contributed by atoms with Crippen molar-refractivity contribution in [3.05, 3.63) is 41.7 Å². The van der Waals surface area contributed by atoms with Gasteiger partial charge in [0.2, 0.25) is 5.82 Å². The maximum atomic E-state index is 13.5. The normalized spacial score (nSPS) is 16.2. The monoisotopic (exact) mass is 235 g/mol. The van der Waals surface area contributed by atoms with Crippen LogP contribution in [0.1, 0.15) is 12.0 Å². The molecule has 3 rings (SSSR count). The molecule has 1 aromatic carbocycles. The van der Waals surface area contributed by atoms with E-state index in [9.17, 15) is 8.78 Å². The van der Waals surface area contributed by atoms with Crippen LogP contribution in [0, 0.1) is 11.6 Å². The molecule has 1 aromatic heterocycles. The summed E-state index contributed by atoms with van der Waals surface area (Å²) in [5.41, 5.74) is 1.98. The highest BCUT2D eigenvalue weighted by molar-refractivity contribution is 5.91. The molecule has 2 heterocycles. The molecular formula is C13H11F2NO. The van der Waals surface area contributed by atoms with Gasteiger partial charge in [-0.15, -0.1) is 0 Å². The average Bonchev–Trinajstić information content (AvgIpc) is 2.79. The lowest BCUT2D eigenvalue weighted by atomic mass is 10.00. The first-order valence-corrected chi connectivity index (χ1v) is 5.52. The minimum atomic E-state index is -0.914. The van der Waals surface area contributed by atoms with Crippen LogP contribution in [0.5, 0.6) is 0 Å². The zero-order chi connectivity index (χ0) is 11.8. The molecule has 2 nitrogen and oxygen atoms in total. The Morgan fingerprint density at radius 2 is 2.12 bits per heavy atom. The molecule has 2 aromatic rings. The maximum absolute atomic E-state index is 13.5. The molecule has 4 heteroatoms. The summed E-state index contributed by atoms with van der Waals surface area (Å²) in [5, 5.41) is 3.84. The number of fused-ring (bicyclic) bond motifs is 1. The summed E-state index contributed by atoms with van der Waals surface area (Å²) in [6, 6.07) is 2.70. The van der Waals surface area contributed by atoms with Crippen LogP contribution in [0.3, 0.4) is 0 Å². The molecule has 0 radical (unpaired) electrons. The quantitative estimate of drug-likeness (QED) is 0.821. The Balaban J connectivity index is 2.18. The smallest absolute Gasteiger partial charge is 0.201 e. The van der Waals surface area contributed by atoms with Crippen LogP contribution in [0.2, 0.25) is 0 Å². The van der Waals surface area contributed by atoms with Gasteiger partial charge in [-0.25, -0.2) is 4.39 Å². The SMILES string of the molecule is Fc1ccc2c(C3=CCNCC3)coc2c1F. The molecule has 17 heavy (non-hydrogen) atoms. The van der Waals surface area contributed by atoms with E-state index in [0.717, 1.165) is 36.7 Å². The zero-order valence-corrected chi connectivity index (χ0v) is 9.09. The van der Waals surface area contributed by atoms with Gasteiger partial charge in [-0.1, -0.05) is 6.08 Å². The summed E-state index contributed by atoms with van der Waals surface area (Å²) in [4.78, 5) is 0. The minimum absolute atomic E-state index is 0.000525. The van der Waals surface area contributed by atoms with Crippen LogP contribution in [0.25, 0.3) is 16.5 Å². The van der Waals surface area contributed by atoms with Crippen LogP contribution >= 0.6 is 0 Å². The van der Waals surface area contributed by atoms with Crippen molar-refractivity contribution in [2.75, 3.05) is 13.1 Å². The van der Waals surface area contributed by atoms with Gasteiger partial charge in [-0.2, -0.15) is 4.39 Å². The van der Waals surface area contributed by atoms with Crippen LogP contribution < -0.4 is 5.32 Å². The molecule has 0 atom stereocenters. The number of nitrogens with one attached hydrogen (secondary N) is 1. The van der Waals surface area contributed by atoms with Crippen LogP contribution in [0.4, 0.5) is 8.78 Å². The predicted octanol–water partition coefficient (Wildman–Crippen LogP) is 3.09. The lowest BCUT2D eigenvalue weighted by Gasteiger charge is -2.12. The third kappa shape index (κ3) is 1.65. The van der Waals surface area contributed by atoms with Crippen molar-refractivity contribution in [3.8, 4) is 0 Å². The molecule has 0 spiro atoms. The van der Waals surface area contributed by atoms with Gasteiger partial charge >= 0.3 is 0 Å². The highest BCUT2D eigenvalue weighted by Crippen LogP contribution is 2.31. The van der Waals surface area contributed by atoms with Gasteiger partial charge in [-0.3, -0.25) is 0 Å². The van der Waals surface area contributed by atoms with Crippen molar-refractivity contribution in [2.45, 2.75) is 6.42 Å². The van der Waals surface area contributed by atoms with Gasteiger partial charge < -0.3 is 9.73 Å². The zero-order valence-electron chi connectivity index (χ0n) is 9.09. The van der Waals surface area contributed by atoms with Crippen LogP contribution in [0.15, 0.2) is 28.9 Å². The highest BCUT2D eigenvalue weighted by atomic mass is 19.2. The third-order valence-corrected chi connectivity index (χ3v) is 3.04. The summed E-state index contributed by atoms with van der Waals surface area (Å²) in [7, 11) is 0. The van der Waals surface area contributed by atoms with E-state index in [2.05, 4.69) is 11.4 Å².